The summed E-state index contributed by atoms with van der Waals surface area (Å²) in [5.41, 5.74) is 0.384. The van der Waals surface area contributed by atoms with Gasteiger partial charge in [0.2, 0.25) is 0 Å². The third-order valence-electron chi connectivity index (χ3n) is 3.32. The fourth-order valence-electron chi connectivity index (χ4n) is 2.59. The zero-order chi connectivity index (χ0) is 7.73. The van der Waals surface area contributed by atoms with Crippen LogP contribution in [0.15, 0.2) is 0 Å². The van der Waals surface area contributed by atoms with E-state index < -0.39 is 0 Å². The molecule has 2 aliphatic rings. The van der Waals surface area contributed by atoms with Crippen LogP contribution in [-0.2, 0) is 0 Å². The molecule has 2 rings (SSSR count). The number of nitrogens with zero attached hydrogens (tertiary/aromatic N) is 1. The molecule has 2 fully saturated rings. The Balaban J connectivity index is 2.17. The Morgan fingerprint density at radius 2 is 2.09 bits per heavy atom. The second-order valence-electron chi connectivity index (χ2n) is 3.88. The van der Waals surface area contributed by atoms with Gasteiger partial charge in [0.05, 0.1) is 12.0 Å². The monoisotopic (exact) mass is 150 g/mol. The van der Waals surface area contributed by atoms with Gasteiger partial charge in [-0.2, -0.15) is 5.26 Å². The zero-order valence-corrected chi connectivity index (χ0v) is 6.77. The van der Waals surface area contributed by atoms with Gasteiger partial charge in [0.15, 0.2) is 0 Å². The lowest BCUT2D eigenvalue weighted by molar-refractivity contribution is 0.281. The van der Waals surface area contributed by atoms with Gasteiger partial charge in [-0.25, -0.2) is 0 Å². The van der Waals surface area contributed by atoms with Crippen molar-refractivity contribution in [1.82, 2.24) is 5.32 Å². The molecule has 11 heavy (non-hydrogen) atoms. The highest BCUT2D eigenvalue weighted by Gasteiger charge is 2.44. The number of hydrogen-bond acceptors (Lipinski definition) is 2. The molecule has 60 valence electrons. The Morgan fingerprint density at radius 1 is 1.36 bits per heavy atom. The first-order valence-electron chi connectivity index (χ1n) is 4.48. The van der Waals surface area contributed by atoms with E-state index in [1.165, 1.54) is 25.7 Å². The molecule has 0 aromatic rings. The fourth-order valence-corrected chi connectivity index (χ4v) is 2.59. The SMILES string of the molecule is N#CC1CNCC12CCCC2. The minimum atomic E-state index is 0.296. The van der Waals surface area contributed by atoms with Crippen molar-refractivity contribution in [3.8, 4) is 6.07 Å². The summed E-state index contributed by atoms with van der Waals surface area (Å²) < 4.78 is 0. The second-order valence-corrected chi connectivity index (χ2v) is 3.88. The quantitative estimate of drug-likeness (QED) is 0.564. The maximum Gasteiger partial charge on any atom is 0.0675 e. The highest BCUT2D eigenvalue weighted by Crippen LogP contribution is 2.45. The predicted octanol–water partition coefficient (Wildman–Crippen LogP) is 1.29. The van der Waals surface area contributed by atoms with Gasteiger partial charge in [-0.15, -0.1) is 0 Å². The Kier molecular flexibility index (Phi) is 1.61. The Bertz CT molecular complexity index is 181. The molecular weight excluding hydrogens is 136 g/mol. The van der Waals surface area contributed by atoms with Gasteiger partial charge in [0.25, 0.3) is 0 Å². The molecule has 0 aromatic heterocycles. The first-order chi connectivity index (χ1) is 5.37. The van der Waals surface area contributed by atoms with E-state index >= 15 is 0 Å². The molecule has 0 amide bonds. The van der Waals surface area contributed by atoms with Crippen LogP contribution in [0.3, 0.4) is 0 Å². The van der Waals surface area contributed by atoms with Crippen LogP contribution in [0.2, 0.25) is 0 Å². The highest BCUT2D eigenvalue weighted by atomic mass is 14.9. The van der Waals surface area contributed by atoms with Crippen molar-refractivity contribution in [2.75, 3.05) is 13.1 Å². The maximum atomic E-state index is 8.90. The first-order valence-corrected chi connectivity index (χ1v) is 4.48. The standard InChI is InChI=1S/C9H14N2/c10-5-8-6-11-7-9(8)3-1-2-4-9/h8,11H,1-4,6-7H2. The molecule has 1 unspecified atom stereocenters. The normalized spacial score (nSPS) is 34.3. The maximum absolute atomic E-state index is 8.90. The fraction of sp³-hybridized carbons (Fsp3) is 0.889. The van der Waals surface area contributed by atoms with Crippen molar-refractivity contribution in [1.29, 1.82) is 5.26 Å². The van der Waals surface area contributed by atoms with Crippen LogP contribution in [0.25, 0.3) is 0 Å². The van der Waals surface area contributed by atoms with E-state index in [1.54, 1.807) is 0 Å². The number of nitriles is 1. The van der Waals surface area contributed by atoms with Gasteiger partial charge in [0, 0.05) is 13.1 Å². The Hall–Kier alpha value is -0.550. The van der Waals surface area contributed by atoms with Crippen molar-refractivity contribution < 1.29 is 0 Å². The molecule has 0 bridgehead atoms. The molecule has 0 radical (unpaired) electrons. The van der Waals surface area contributed by atoms with Gasteiger partial charge < -0.3 is 5.32 Å². The Labute approximate surface area is 67.6 Å². The van der Waals surface area contributed by atoms with E-state index in [9.17, 15) is 0 Å². The van der Waals surface area contributed by atoms with Crippen molar-refractivity contribution in [3.05, 3.63) is 0 Å². The largest absolute Gasteiger partial charge is 0.315 e. The van der Waals surface area contributed by atoms with E-state index in [0.717, 1.165) is 13.1 Å². The third-order valence-corrected chi connectivity index (χ3v) is 3.32. The summed E-state index contributed by atoms with van der Waals surface area (Å²) in [6.45, 7) is 2.02. The lowest BCUT2D eigenvalue weighted by Gasteiger charge is -2.24. The molecule has 1 heterocycles. The summed E-state index contributed by atoms with van der Waals surface area (Å²) >= 11 is 0. The van der Waals surface area contributed by atoms with E-state index in [0.29, 0.717) is 11.3 Å². The van der Waals surface area contributed by atoms with E-state index in [4.69, 9.17) is 5.26 Å². The van der Waals surface area contributed by atoms with Gasteiger partial charge in [-0.05, 0) is 18.3 Å². The van der Waals surface area contributed by atoms with Gasteiger partial charge >= 0.3 is 0 Å². The molecule has 1 spiro atoms. The summed E-state index contributed by atoms with van der Waals surface area (Å²) in [6.07, 6.45) is 5.22. The molecule has 1 aliphatic carbocycles. The molecule has 1 saturated carbocycles. The summed E-state index contributed by atoms with van der Waals surface area (Å²) in [5.74, 6) is 0.296. The van der Waals surface area contributed by atoms with E-state index in [-0.39, 0.29) is 0 Å². The van der Waals surface area contributed by atoms with Crippen LogP contribution < -0.4 is 5.32 Å². The van der Waals surface area contributed by atoms with Crippen molar-refractivity contribution in [2.24, 2.45) is 11.3 Å². The average Bonchev–Trinajstić information content (AvgIpc) is 2.62. The van der Waals surface area contributed by atoms with Gasteiger partial charge in [-0.1, -0.05) is 12.8 Å². The van der Waals surface area contributed by atoms with Crippen LogP contribution in [0.1, 0.15) is 25.7 Å². The van der Waals surface area contributed by atoms with Crippen LogP contribution >= 0.6 is 0 Å². The van der Waals surface area contributed by atoms with E-state index in [1.807, 2.05) is 0 Å². The van der Waals surface area contributed by atoms with Crippen molar-refractivity contribution in [3.63, 3.8) is 0 Å². The first kappa shape index (κ1) is 7.12. The minimum Gasteiger partial charge on any atom is -0.315 e. The average molecular weight is 150 g/mol. The lowest BCUT2D eigenvalue weighted by Crippen LogP contribution is -2.25. The Morgan fingerprint density at radius 3 is 2.73 bits per heavy atom. The molecule has 1 saturated heterocycles. The van der Waals surface area contributed by atoms with E-state index in [2.05, 4.69) is 11.4 Å². The van der Waals surface area contributed by atoms with Crippen LogP contribution in [0, 0.1) is 22.7 Å². The zero-order valence-electron chi connectivity index (χ0n) is 6.77. The van der Waals surface area contributed by atoms with Crippen LogP contribution in [0.4, 0.5) is 0 Å². The number of hydrogen-bond donors (Lipinski definition) is 1. The summed E-state index contributed by atoms with van der Waals surface area (Å²) in [5, 5.41) is 12.2. The third kappa shape index (κ3) is 0.954. The molecule has 1 atom stereocenters. The van der Waals surface area contributed by atoms with Gasteiger partial charge in [-0.3, -0.25) is 0 Å². The predicted molar refractivity (Wildman–Crippen MR) is 42.9 cm³/mol. The van der Waals surface area contributed by atoms with Crippen molar-refractivity contribution in [2.45, 2.75) is 25.7 Å². The summed E-state index contributed by atoms with van der Waals surface area (Å²) in [4.78, 5) is 0. The molecule has 2 nitrogen and oxygen atoms in total. The lowest BCUT2D eigenvalue weighted by atomic mass is 9.77. The number of nitrogens with one attached hydrogen (secondary N) is 1. The van der Waals surface area contributed by atoms with Gasteiger partial charge in [0.1, 0.15) is 0 Å². The van der Waals surface area contributed by atoms with Crippen LogP contribution in [0.5, 0.6) is 0 Å². The molecule has 2 heteroatoms. The van der Waals surface area contributed by atoms with Crippen LogP contribution in [-0.4, -0.2) is 13.1 Å². The number of rotatable bonds is 0. The summed E-state index contributed by atoms with van der Waals surface area (Å²) in [6, 6.07) is 2.43. The highest BCUT2D eigenvalue weighted by molar-refractivity contribution is 5.06. The summed E-state index contributed by atoms with van der Waals surface area (Å²) in [7, 11) is 0. The molecule has 1 N–H and O–H groups in total. The smallest absolute Gasteiger partial charge is 0.0675 e. The second kappa shape index (κ2) is 2.49. The topological polar surface area (TPSA) is 35.8 Å². The minimum absolute atomic E-state index is 0.296. The molecule has 0 aromatic carbocycles. The van der Waals surface area contributed by atoms with Crippen molar-refractivity contribution >= 4 is 0 Å². The molecular formula is C9H14N2. The molecule has 1 aliphatic heterocycles.